The van der Waals surface area contributed by atoms with Gasteiger partial charge in [-0.05, 0) is 37.5 Å². The molecule has 1 aliphatic heterocycles. The monoisotopic (exact) mass is 338 g/mol. The van der Waals surface area contributed by atoms with E-state index in [1.807, 2.05) is 6.07 Å². The first-order valence-corrected chi connectivity index (χ1v) is 9.11. The van der Waals surface area contributed by atoms with Crippen LogP contribution in [0.3, 0.4) is 0 Å². The van der Waals surface area contributed by atoms with Crippen molar-refractivity contribution in [3.05, 3.63) is 28.8 Å². The van der Waals surface area contributed by atoms with Gasteiger partial charge in [-0.15, -0.1) is 0 Å². The third-order valence-electron chi connectivity index (χ3n) is 5.30. The van der Waals surface area contributed by atoms with Crippen molar-refractivity contribution in [3.63, 3.8) is 0 Å². The maximum absolute atomic E-state index is 10.0. The Morgan fingerprint density at radius 2 is 1.96 bits per heavy atom. The van der Waals surface area contributed by atoms with Gasteiger partial charge in [0.05, 0.1) is 0 Å². The molecule has 1 heterocycles. The third-order valence-corrected chi connectivity index (χ3v) is 5.54. The zero-order valence-electron chi connectivity index (χ0n) is 13.6. The molecule has 1 atom stereocenters. The van der Waals surface area contributed by atoms with Crippen molar-refractivity contribution in [2.45, 2.75) is 50.7 Å². The molecule has 1 saturated carbocycles. The minimum atomic E-state index is 0.240. The van der Waals surface area contributed by atoms with E-state index >= 15 is 0 Å². The molecule has 1 aromatic carbocycles. The fraction of sp³-hybridized carbons (Fsp3) is 0.667. The van der Waals surface area contributed by atoms with Crippen LogP contribution in [-0.2, 0) is 6.54 Å². The maximum Gasteiger partial charge on any atom is 0.120 e. The van der Waals surface area contributed by atoms with E-state index in [0.29, 0.717) is 29.4 Å². The largest absolute Gasteiger partial charge is 0.508 e. The molecule has 0 radical (unpaired) electrons. The smallest absolute Gasteiger partial charge is 0.120 e. The van der Waals surface area contributed by atoms with E-state index in [-0.39, 0.29) is 6.61 Å². The SMILES string of the molecule is OCCC1CN(Cc2cc(Cl)ccc2O)CCN1C1CCCC1. The average molecular weight is 339 g/mol. The Hall–Kier alpha value is -0.810. The number of piperazine rings is 1. The van der Waals surface area contributed by atoms with Crippen LogP contribution < -0.4 is 0 Å². The number of phenolic OH excluding ortho intramolecular Hbond substituents is 1. The first kappa shape index (κ1) is 17.0. The van der Waals surface area contributed by atoms with Gasteiger partial charge in [-0.2, -0.15) is 0 Å². The highest BCUT2D eigenvalue weighted by Crippen LogP contribution is 2.29. The van der Waals surface area contributed by atoms with Gasteiger partial charge in [0.2, 0.25) is 0 Å². The van der Waals surface area contributed by atoms with Crippen molar-refractivity contribution in [2.24, 2.45) is 0 Å². The van der Waals surface area contributed by atoms with Gasteiger partial charge in [0.25, 0.3) is 0 Å². The number of aliphatic hydroxyl groups excluding tert-OH is 1. The molecule has 2 fully saturated rings. The van der Waals surface area contributed by atoms with E-state index in [1.165, 1.54) is 25.7 Å². The van der Waals surface area contributed by atoms with E-state index in [4.69, 9.17) is 11.6 Å². The molecule has 1 unspecified atom stereocenters. The van der Waals surface area contributed by atoms with Crippen LogP contribution >= 0.6 is 11.6 Å². The molecule has 1 aliphatic carbocycles. The van der Waals surface area contributed by atoms with Crippen LogP contribution in [0.15, 0.2) is 18.2 Å². The molecule has 0 bridgehead atoms. The molecule has 4 nitrogen and oxygen atoms in total. The van der Waals surface area contributed by atoms with Gasteiger partial charge < -0.3 is 10.2 Å². The van der Waals surface area contributed by atoms with Gasteiger partial charge in [0, 0.05) is 55.5 Å². The van der Waals surface area contributed by atoms with Crippen molar-refractivity contribution in [1.82, 2.24) is 9.80 Å². The number of nitrogens with zero attached hydrogens (tertiary/aromatic N) is 2. The fourth-order valence-corrected chi connectivity index (χ4v) is 4.32. The van der Waals surface area contributed by atoms with Crippen molar-refractivity contribution in [2.75, 3.05) is 26.2 Å². The first-order valence-electron chi connectivity index (χ1n) is 8.73. The summed E-state index contributed by atoms with van der Waals surface area (Å²) in [7, 11) is 0. The van der Waals surface area contributed by atoms with E-state index in [0.717, 1.165) is 31.6 Å². The zero-order chi connectivity index (χ0) is 16.2. The second-order valence-corrected chi connectivity index (χ2v) is 7.29. The van der Waals surface area contributed by atoms with E-state index in [2.05, 4.69) is 9.80 Å². The molecule has 3 rings (SSSR count). The lowest BCUT2D eigenvalue weighted by Gasteiger charge is -2.44. The topological polar surface area (TPSA) is 46.9 Å². The lowest BCUT2D eigenvalue weighted by Crippen LogP contribution is -2.56. The molecule has 2 N–H and O–H groups in total. The van der Waals surface area contributed by atoms with E-state index in [9.17, 15) is 10.2 Å². The third kappa shape index (κ3) is 4.18. The highest BCUT2D eigenvalue weighted by molar-refractivity contribution is 6.30. The molecule has 2 aliphatic rings. The lowest BCUT2D eigenvalue weighted by atomic mass is 10.0. The second kappa shape index (κ2) is 7.84. The van der Waals surface area contributed by atoms with Gasteiger partial charge in [0.1, 0.15) is 5.75 Å². The number of rotatable bonds is 5. The van der Waals surface area contributed by atoms with Crippen LogP contribution in [0, 0.1) is 0 Å². The number of aliphatic hydroxyl groups is 1. The molecule has 0 aromatic heterocycles. The Morgan fingerprint density at radius 3 is 2.70 bits per heavy atom. The molecular weight excluding hydrogens is 312 g/mol. The molecule has 23 heavy (non-hydrogen) atoms. The summed E-state index contributed by atoms with van der Waals surface area (Å²) < 4.78 is 0. The summed E-state index contributed by atoms with van der Waals surface area (Å²) in [6.07, 6.45) is 6.11. The van der Waals surface area contributed by atoms with Crippen LogP contribution in [0.4, 0.5) is 0 Å². The summed E-state index contributed by atoms with van der Waals surface area (Å²) in [5, 5.41) is 20.1. The number of phenols is 1. The standard InChI is InChI=1S/C18H27ClN2O2/c19-15-5-6-18(23)14(11-15)12-20-8-9-21(16-3-1-2-4-16)17(13-20)7-10-22/h5-6,11,16-17,22-23H,1-4,7-10,12-13H2. The van der Waals surface area contributed by atoms with Crippen LogP contribution in [0.25, 0.3) is 0 Å². The summed E-state index contributed by atoms with van der Waals surface area (Å²) in [6, 6.07) is 6.35. The molecular formula is C18H27ClN2O2. The average Bonchev–Trinajstić information content (AvgIpc) is 3.06. The van der Waals surface area contributed by atoms with Gasteiger partial charge >= 0.3 is 0 Å². The molecule has 1 saturated heterocycles. The molecule has 128 valence electrons. The van der Waals surface area contributed by atoms with Crippen molar-refractivity contribution < 1.29 is 10.2 Å². The van der Waals surface area contributed by atoms with Gasteiger partial charge in [-0.25, -0.2) is 0 Å². The molecule has 5 heteroatoms. The molecule has 0 spiro atoms. The lowest BCUT2D eigenvalue weighted by molar-refractivity contribution is 0.0265. The highest BCUT2D eigenvalue weighted by atomic mass is 35.5. The molecule has 0 amide bonds. The van der Waals surface area contributed by atoms with Crippen LogP contribution in [0.5, 0.6) is 5.75 Å². The van der Waals surface area contributed by atoms with Gasteiger partial charge in [-0.1, -0.05) is 24.4 Å². The van der Waals surface area contributed by atoms with E-state index < -0.39 is 0 Å². The summed E-state index contributed by atoms with van der Waals surface area (Å²) in [4.78, 5) is 4.99. The summed E-state index contributed by atoms with van der Waals surface area (Å²) in [5.41, 5.74) is 0.884. The number of benzene rings is 1. The summed E-state index contributed by atoms with van der Waals surface area (Å²) in [5.74, 6) is 0.311. The minimum Gasteiger partial charge on any atom is -0.508 e. The van der Waals surface area contributed by atoms with Crippen molar-refractivity contribution >= 4 is 11.6 Å². The van der Waals surface area contributed by atoms with Crippen molar-refractivity contribution in [3.8, 4) is 5.75 Å². The van der Waals surface area contributed by atoms with Gasteiger partial charge in [-0.3, -0.25) is 9.80 Å². The zero-order valence-corrected chi connectivity index (χ0v) is 14.4. The minimum absolute atomic E-state index is 0.240. The van der Waals surface area contributed by atoms with Crippen LogP contribution in [0.1, 0.15) is 37.7 Å². The Balaban J connectivity index is 1.65. The number of aromatic hydroxyl groups is 1. The second-order valence-electron chi connectivity index (χ2n) is 6.85. The highest BCUT2D eigenvalue weighted by Gasteiger charge is 2.33. The van der Waals surface area contributed by atoms with E-state index in [1.54, 1.807) is 12.1 Å². The Labute approximate surface area is 143 Å². The van der Waals surface area contributed by atoms with Gasteiger partial charge in [0.15, 0.2) is 0 Å². The Morgan fingerprint density at radius 1 is 1.17 bits per heavy atom. The maximum atomic E-state index is 10.0. The number of halogens is 1. The summed E-state index contributed by atoms with van der Waals surface area (Å²) in [6.45, 7) is 3.96. The number of hydrogen-bond donors (Lipinski definition) is 2. The summed E-state index contributed by atoms with van der Waals surface area (Å²) >= 11 is 6.05. The predicted molar refractivity (Wildman–Crippen MR) is 92.8 cm³/mol. The Bertz CT molecular complexity index is 520. The first-order chi connectivity index (χ1) is 11.2. The fourth-order valence-electron chi connectivity index (χ4n) is 4.12. The number of hydrogen-bond acceptors (Lipinski definition) is 4. The predicted octanol–water partition coefficient (Wildman–Crippen LogP) is 2.86. The molecule has 1 aromatic rings. The quantitative estimate of drug-likeness (QED) is 0.866. The van der Waals surface area contributed by atoms with Crippen LogP contribution in [0.2, 0.25) is 5.02 Å². The normalized spacial score (nSPS) is 24.3. The van der Waals surface area contributed by atoms with Crippen molar-refractivity contribution in [1.29, 1.82) is 0 Å². The van der Waals surface area contributed by atoms with Crippen LogP contribution in [-0.4, -0.2) is 58.3 Å². The Kier molecular flexibility index (Phi) is 5.81.